The first kappa shape index (κ1) is 21.6. The summed E-state index contributed by atoms with van der Waals surface area (Å²) >= 11 is 6.11. The molecule has 4 unspecified atom stereocenters. The molecular weight excluding hydrogens is 438 g/mol. The van der Waals surface area contributed by atoms with E-state index in [1.54, 1.807) is 12.1 Å². The summed E-state index contributed by atoms with van der Waals surface area (Å²) in [4.78, 5) is 27.5. The molecule has 2 aliphatic rings. The highest BCUT2D eigenvalue weighted by molar-refractivity contribution is 6.30. The summed E-state index contributed by atoms with van der Waals surface area (Å²) in [6, 6.07) is 22.3. The molecular formula is C26H24ClN3O3. The molecule has 2 heterocycles. The second kappa shape index (κ2) is 8.63. The molecule has 2 saturated heterocycles. The highest BCUT2D eigenvalue weighted by atomic mass is 35.5. The average molecular weight is 462 g/mol. The van der Waals surface area contributed by atoms with E-state index in [1.165, 1.54) is 7.11 Å². The number of nitrogens with zero attached hydrogens (tertiary/aromatic N) is 1. The van der Waals surface area contributed by atoms with Crippen LogP contribution >= 0.6 is 11.6 Å². The Bertz CT molecular complexity index is 1180. The van der Waals surface area contributed by atoms with Crippen LogP contribution in [0.4, 0.5) is 5.69 Å². The number of methoxy groups -OCH3 is 1. The van der Waals surface area contributed by atoms with E-state index in [0.29, 0.717) is 10.6 Å². The van der Waals surface area contributed by atoms with E-state index < -0.39 is 6.04 Å². The van der Waals surface area contributed by atoms with Crippen LogP contribution in [-0.2, 0) is 9.53 Å². The molecule has 168 valence electrons. The van der Waals surface area contributed by atoms with Crippen molar-refractivity contribution in [2.45, 2.75) is 25.0 Å². The molecule has 2 fully saturated rings. The van der Waals surface area contributed by atoms with E-state index in [9.17, 15) is 9.59 Å². The quantitative estimate of drug-likeness (QED) is 0.565. The van der Waals surface area contributed by atoms with Gasteiger partial charge in [-0.3, -0.25) is 4.79 Å². The second-order valence-electron chi connectivity index (χ2n) is 8.48. The standard InChI is InChI=1S/C26H24ClN3O3/c1-15-3-13-20(14-4-15)30-24(17-5-7-18(8-6-17)26(32)33-2)21-22(28-29-23(21)25(30)31)16-9-11-19(27)12-10-16/h3-14,21-24,28-29H,1-2H3. The lowest BCUT2D eigenvalue weighted by Crippen LogP contribution is -2.41. The maximum Gasteiger partial charge on any atom is 0.337 e. The Balaban J connectivity index is 1.60. The van der Waals surface area contributed by atoms with Crippen LogP contribution in [-0.4, -0.2) is 25.0 Å². The maximum absolute atomic E-state index is 13.6. The minimum Gasteiger partial charge on any atom is -0.465 e. The Labute approximate surface area is 197 Å². The Hall–Kier alpha value is -3.19. The van der Waals surface area contributed by atoms with Gasteiger partial charge in [0, 0.05) is 16.6 Å². The number of hydrogen-bond acceptors (Lipinski definition) is 5. The predicted octanol–water partition coefficient (Wildman–Crippen LogP) is 4.36. The number of ether oxygens (including phenoxy) is 1. The third kappa shape index (κ3) is 3.80. The summed E-state index contributed by atoms with van der Waals surface area (Å²) in [5, 5.41) is 0.667. The zero-order valence-electron chi connectivity index (χ0n) is 18.3. The number of halogens is 1. The largest absolute Gasteiger partial charge is 0.465 e. The van der Waals surface area contributed by atoms with E-state index in [-0.39, 0.29) is 29.9 Å². The molecule has 3 aromatic carbocycles. The molecule has 0 saturated carbocycles. The highest BCUT2D eigenvalue weighted by Gasteiger charge is 2.55. The Morgan fingerprint density at radius 1 is 0.879 bits per heavy atom. The van der Waals surface area contributed by atoms with Gasteiger partial charge in [-0.2, -0.15) is 0 Å². The Kier molecular flexibility index (Phi) is 5.66. The number of nitrogens with one attached hydrogen (secondary N) is 2. The molecule has 4 atom stereocenters. The first-order valence-electron chi connectivity index (χ1n) is 10.8. The monoisotopic (exact) mass is 461 g/mol. The van der Waals surface area contributed by atoms with Crippen molar-refractivity contribution < 1.29 is 14.3 Å². The fraction of sp³-hybridized carbons (Fsp3) is 0.231. The van der Waals surface area contributed by atoms with Crippen molar-refractivity contribution in [3.8, 4) is 0 Å². The van der Waals surface area contributed by atoms with E-state index in [2.05, 4.69) is 10.9 Å². The molecule has 1 amide bonds. The molecule has 6 nitrogen and oxygen atoms in total. The van der Waals surface area contributed by atoms with Crippen LogP contribution in [0.25, 0.3) is 0 Å². The van der Waals surface area contributed by atoms with E-state index in [0.717, 1.165) is 22.4 Å². The number of esters is 1. The lowest BCUT2D eigenvalue weighted by atomic mass is 9.83. The number of hydrazine groups is 1. The number of amides is 1. The van der Waals surface area contributed by atoms with Gasteiger partial charge >= 0.3 is 5.97 Å². The van der Waals surface area contributed by atoms with Gasteiger partial charge in [0.05, 0.1) is 24.8 Å². The topological polar surface area (TPSA) is 70.7 Å². The molecule has 7 heteroatoms. The van der Waals surface area contributed by atoms with Crippen LogP contribution in [0.3, 0.4) is 0 Å². The van der Waals surface area contributed by atoms with Crippen LogP contribution in [0.2, 0.25) is 5.02 Å². The second-order valence-corrected chi connectivity index (χ2v) is 8.91. The van der Waals surface area contributed by atoms with Gasteiger partial charge in [-0.15, -0.1) is 0 Å². The van der Waals surface area contributed by atoms with E-state index in [4.69, 9.17) is 16.3 Å². The van der Waals surface area contributed by atoms with E-state index in [1.807, 2.05) is 72.5 Å². The first-order chi connectivity index (χ1) is 16.0. The smallest absolute Gasteiger partial charge is 0.337 e. The molecule has 0 radical (unpaired) electrons. The normalized spacial score (nSPS) is 24.1. The third-order valence-corrected chi connectivity index (χ3v) is 6.78. The van der Waals surface area contributed by atoms with E-state index >= 15 is 0 Å². The van der Waals surface area contributed by atoms with Gasteiger partial charge in [-0.1, -0.05) is 53.6 Å². The number of carbonyl (C=O) groups is 2. The first-order valence-corrected chi connectivity index (χ1v) is 11.2. The molecule has 0 aliphatic carbocycles. The lowest BCUT2D eigenvalue weighted by molar-refractivity contribution is -0.119. The van der Waals surface area contributed by atoms with Crippen molar-refractivity contribution in [3.63, 3.8) is 0 Å². The van der Waals surface area contributed by atoms with Gasteiger partial charge < -0.3 is 9.64 Å². The minimum absolute atomic E-state index is 0.00913. The van der Waals surface area contributed by atoms with Crippen molar-refractivity contribution in [2.24, 2.45) is 5.92 Å². The summed E-state index contributed by atoms with van der Waals surface area (Å²) < 4.78 is 4.84. The van der Waals surface area contributed by atoms with Gasteiger partial charge in [0.2, 0.25) is 5.91 Å². The summed E-state index contributed by atoms with van der Waals surface area (Å²) in [5.74, 6) is -0.459. The SMILES string of the molecule is COC(=O)c1ccc(C2C3C(NNC3c3ccc(Cl)cc3)C(=O)N2c2ccc(C)cc2)cc1. The molecule has 2 aliphatic heterocycles. The molecule has 0 aromatic heterocycles. The number of fused-ring (bicyclic) bond motifs is 1. The summed E-state index contributed by atoms with van der Waals surface area (Å²) in [6.45, 7) is 2.02. The molecule has 5 rings (SSSR count). The van der Waals surface area contributed by atoms with Crippen LogP contribution in [0.1, 0.15) is 39.1 Å². The van der Waals surface area contributed by atoms with Crippen molar-refractivity contribution in [3.05, 3.63) is 100 Å². The van der Waals surface area contributed by atoms with Crippen LogP contribution < -0.4 is 15.8 Å². The zero-order valence-corrected chi connectivity index (χ0v) is 19.0. The maximum atomic E-state index is 13.6. The molecule has 33 heavy (non-hydrogen) atoms. The average Bonchev–Trinajstić information content (AvgIpc) is 3.39. The number of hydrogen-bond donors (Lipinski definition) is 2. The zero-order chi connectivity index (χ0) is 23.1. The number of anilines is 1. The van der Waals surface area contributed by atoms with Gasteiger partial charge in [0.1, 0.15) is 6.04 Å². The fourth-order valence-electron chi connectivity index (χ4n) is 4.89. The molecule has 0 spiro atoms. The Morgan fingerprint density at radius 2 is 1.48 bits per heavy atom. The van der Waals surface area contributed by atoms with Crippen molar-refractivity contribution >= 4 is 29.2 Å². The van der Waals surface area contributed by atoms with Crippen molar-refractivity contribution in [1.82, 2.24) is 10.9 Å². The van der Waals surface area contributed by atoms with Gasteiger partial charge in [0.25, 0.3) is 0 Å². The number of benzene rings is 3. The summed E-state index contributed by atoms with van der Waals surface area (Å²) in [6.07, 6.45) is 0. The number of aryl methyl sites for hydroxylation is 1. The van der Waals surface area contributed by atoms with Crippen molar-refractivity contribution in [1.29, 1.82) is 0 Å². The minimum atomic E-state index is -0.391. The number of rotatable bonds is 4. The third-order valence-electron chi connectivity index (χ3n) is 6.52. The van der Waals surface area contributed by atoms with Crippen LogP contribution in [0, 0.1) is 12.8 Å². The number of carbonyl (C=O) groups excluding carboxylic acids is 2. The van der Waals surface area contributed by atoms with Gasteiger partial charge in [0.15, 0.2) is 0 Å². The predicted molar refractivity (Wildman–Crippen MR) is 127 cm³/mol. The molecule has 0 bridgehead atoms. The van der Waals surface area contributed by atoms with Gasteiger partial charge in [-0.25, -0.2) is 15.6 Å². The van der Waals surface area contributed by atoms with Crippen molar-refractivity contribution in [2.75, 3.05) is 12.0 Å². The highest BCUT2D eigenvalue weighted by Crippen LogP contribution is 2.49. The summed E-state index contributed by atoms with van der Waals surface area (Å²) in [7, 11) is 1.36. The fourth-order valence-corrected chi connectivity index (χ4v) is 5.01. The van der Waals surface area contributed by atoms with Crippen LogP contribution in [0.5, 0.6) is 0 Å². The Morgan fingerprint density at radius 3 is 2.12 bits per heavy atom. The summed E-state index contributed by atoms with van der Waals surface area (Å²) in [5.41, 5.74) is 11.0. The molecule has 3 aromatic rings. The van der Waals surface area contributed by atoms with Gasteiger partial charge in [-0.05, 0) is 54.4 Å². The lowest BCUT2D eigenvalue weighted by Gasteiger charge is -2.31. The molecule has 2 N–H and O–H groups in total. The van der Waals surface area contributed by atoms with Crippen LogP contribution in [0.15, 0.2) is 72.8 Å².